The van der Waals surface area contributed by atoms with E-state index in [0.717, 1.165) is 0 Å². The van der Waals surface area contributed by atoms with Crippen molar-refractivity contribution in [3.63, 3.8) is 0 Å². The summed E-state index contributed by atoms with van der Waals surface area (Å²) in [6, 6.07) is -2.23. The Kier molecular flexibility index (Phi) is 5.79. The summed E-state index contributed by atoms with van der Waals surface area (Å²) in [7, 11) is 0. The molecule has 0 bridgehead atoms. The van der Waals surface area contributed by atoms with Crippen LogP contribution in [-0.4, -0.2) is 35.0 Å². The summed E-state index contributed by atoms with van der Waals surface area (Å²) >= 11 is 0. The molecule has 0 saturated carbocycles. The second-order valence-corrected chi connectivity index (χ2v) is 3.20. The molecular formula is C9H15N3O4. The Hall–Kier alpha value is -1.89. The van der Waals surface area contributed by atoms with Gasteiger partial charge in [-0.3, -0.25) is 9.59 Å². The molecule has 0 aromatic heterocycles. The maximum Gasteiger partial charge on any atom is 0.326 e. The number of aliphatic carboxylic acids is 1. The molecule has 0 aliphatic heterocycles. The molecule has 7 nitrogen and oxygen atoms in total. The van der Waals surface area contributed by atoms with Gasteiger partial charge in [0.2, 0.25) is 11.8 Å². The van der Waals surface area contributed by atoms with Gasteiger partial charge in [-0.25, -0.2) is 4.79 Å². The van der Waals surface area contributed by atoms with Crippen molar-refractivity contribution in [2.45, 2.75) is 24.9 Å². The van der Waals surface area contributed by atoms with E-state index in [9.17, 15) is 14.4 Å². The Bertz CT molecular complexity index is 303. The monoisotopic (exact) mass is 229 g/mol. The highest BCUT2D eigenvalue weighted by Crippen LogP contribution is 1.95. The van der Waals surface area contributed by atoms with E-state index in [0.29, 0.717) is 0 Å². The molecule has 0 aliphatic carbocycles. The molecule has 6 N–H and O–H groups in total. The zero-order chi connectivity index (χ0) is 12.7. The second-order valence-electron chi connectivity index (χ2n) is 3.20. The van der Waals surface area contributed by atoms with Crippen LogP contribution in [0.25, 0.3) is 0 Å². The first kappa shape index (κ1) is 14.1. The Balaban J connectivity index is 4.39. The summed E-state index contributed by atoms with van der Waals surface area (Å²) in [6.45, 7) is 3.40. The first-order valence-electron chi connectivity index (χ1n) is 4.56. The summed E-state index contributed by atoms with van der Waals surface area (Å²) in [5.41, 5.74) is 10.3. The van der Waals surface area contributed by atoms with Gasteiger partial charge < -0.3 is 21.9 Å². The Morgan fingerprint density at radius 1 is 1.44 bits per heavy atom. The van der Waals surface area contributed by atoms with Crippen molar-refractivity contribution >= 4 is 17.8 Å². The van der Waals surface area contributed by atoms with Crippen molar-refractivity contribution < 1.29 is 19.5 Å². The fourth-order valence-corrected chi connectivity index (χ4v) is 0.967. The maximum atomic E-state index is 11.3. The van der Waals surface area contributed by atoms with E-state index in [1.54, 1.807) is 0 Å². The smallest absolute Gasteiger partial charge is 0.326 e. The molecule has 16 heavy (non-hydrogen) atoms. The van der Waals surface area contributed by atoms with Crippen LogP contribution in [0.5, 0.6) is 0 Å². The molecule has 0 aliphatic rings. The number of carbonyl (C=O) groups is 3. The molecule has 2 amide bonds. The lowest BCUT2D eigenvalue weighted by Crippen LogP contribution is -2.49. The Morgan fingerprint density at radius 3 is 2.38 bits per heavy atom. The number of rotatable bonds is 7. The average molecular weight is 229 g/mol. The third-order valence-corrected chi connectivity index (χ3v) is 1.78. The van der Waals surface area contributed by atoms with Crippen molar-refractivity contribution in [1.29, 1.82) is 0 Å². The Morgan fingerprint density at radius 2 is 2.00 bits per heavy atom. The third-order valence-electron chi connectivity index (χ3n) is 1.78. The number of carboxylic acid groups (broad SMARTS) is 1. The number of nitrogens with one attached hydrogen (secondary N) is 1. The molecular weight excluding hydrogens is 214 g/mol. The second kappa shape index (κ2) is 6.57. The lowest BCUT2D eigenvalue weighted by atomic mass is 10.1. The van der Waals surface area contributed by atoms with Crippen LogP contribution in [0, 0.1) is 0 Å². The zero-order valence-corrected chi connectivity index (χ0v) is 8.68. The first-order chi connectivity index (χ1) is 7.38. The van der Waals surface area contributed by atoms with Crippen LogP contribution in [0.2, 0.25) is 0 Å². The summed E-state index contributed by atoms with van der Waals surface area (Å²) in [6.07, 6.45) is 1.19. The zero-order valence-electron chi connectivity index (χ0n) is 8.68. The van der Waals surface area contributed by atoms with E-state index in [2.05, 4.69) is 11.9 Å². The lowest BCUT2D eigenvalue weighted by Gasteiger charge is -2.15. The van der Waals surface area contributed by atoms with Crippen LogP contribution in [0.4, 0.5) is 0 Å². The van der Waals surface area contributed by atoms with Gasteiger partial charge in [0.25, 0.3) is 0 Å². The number of carbonyl (C=O) groups excluding carboxylic acids is 2. The molecule has 0 fully saturated rings. The molecule has 1 unspecified atom stereocenters. The lowest BCUT2D eigenvalue weighted by molar-refractivity contribution is -0.143. The van der Waals surface area contributed by atoms with E-state index < -0.39 is 36.3 Å². The van der Waals surface area contributed by atoms with E-state index in [-0.39, 0.29) is 6.42 Å². The van der Waals surface area contributed by atoms with E-state index in [1.165, 1.54) is 6.08 Å². The van der Waals surface area contributed by atoms with Gasteiger partial charge in [0.1, 0.15) is 6.04 Å². The van der Waals surface area contributed by atoms with Gasteiger partial charge in [0.05, 0.1) is 12.5 Å². The van der Waals surface area contributed by atoms with Gasteiger partial charge in [-0.15, -0.1) is 6.58 Å². The molecule has 2 atom stereocenters. The van der Waals surface area contributed by atoms with Crippen molar-refractivity contribution in [2.75, 3.05) is 0 Å². The van der Waals surface area contributed by atoms with Crippen molar-refractivity contribution in [3.8, 4) is 0 Å². The first-order valence-corrected chi connectivity index (χ1v) is 4.56. The van der Waals surface area contributed by atoms with Crippen LogP contribution in [0.3, 0.4) is 0 Å². The number of carboxylic acids is 1. The number of nitrogens with two attached hydrogens (primary N) is 2. The Labute approximate surface area is 92.5 Å². The third kappa shape index (κ3) is 5.11. The normalized spacial score (nSPS) is 13.6. The summed E-state index contributed by atoms with van der Waals surface area (Å²) in [4.78, 5) is 32.5. The van der Waals surface area contributed by atoms with Crippen molar-refractivity contribution in [3.05, 3.63) is 12.7 Å². The molecule has 0 radical (unpaired) electrons. The molecule has 7 heteroatoms. The van der Waals surface area contributed by atoms with Crippen LogP contribution in [-0.2, 0) is 14.4 Å². The number of amides is 2. The standard InChI is InChI=1S/C9H15N3O4/c1-2-3-5(10)8(14)12-6(9(15)16)4-7(11)13/h2,5-6H,1,3-4,10H2,(H2,11,13)(H,12,14)(H,15,16)/t5?,6-/m0/s1. The highest BCUT2D eigenvalue weighted by molar-refractivity contribution is 5.90. The van der Waals surface area contributed by atoms with Gasteiger partial charge in [0.15, 0.2) is 0 Å². The summed E-state index contributed by atoms with van der Waals surface area (Å²) in [5.74, 6) is -2.81. The van der Waals surface area contributed by atoms with Crippen molar-refractivity contribution in [1.82, 2.24) is 5.32 Å². The molecule has 0 aromatic carbocycles. The van der Waals surface area contributed by atoms with Gasteiger partial charge in [-0.05, 0) is 6.42 Å². The predicted octanol–water partition coefficient (Wildman–Crippen LogP) is -1.67. The fourth-order valence-electron chi connectivity index (χ4n) is 0.967. The number of hydrogen-bond donors (Lipinski definition) is 4. The minimum Gasteiger partial charge on any atom is -0.480 e. The largest absolute Gasteiger partial charge is 0.480 e. The summed E-state index contributed by atoms with van der Waals surface area (Å²) < 4.78 is 0. The number of primary amides is 1. The fraction of sp³-hybridized carbons (Fsp3) is 0.444. The van der Waals surface area contributed by atoms with E-state index in [1.807, 2.05) is 0 Å². The van der Waals surface area contributed by atoms with Crippen LogP contribution in [0.15, 0.2) is 12.7 Å². The van der Waals surface area contributed by atoms with Crippen molar-refractivity contribution in [2.24, 2.45) is 11.5 Å². The quantitative estimate of drug-likeness (QED) is 0.387. The highest BCUT2D eigenvalue weighted by Gasteiger charge is 2.24. The van der Waals surface area contributed by atoms with Crippen LogP contribution < -0.4 is 16.8 Å². The topological polar surface area (TPSA) is 136 Å². The molecule has 0 aromatic rings. The average Bonchev–Trinajstić information content (AvgIpc) is 2.16. The molecule has 0 saturated heterocycles. The van der Waals surface area contributed by atoms with Gasteiger partial charge in [0, 0.05) is 0 Å². The maximum absolute atomic E-state index is 11.3. The van der Waals surface area contributed by atoms with Gasteiger partial charge in [-0.2, -0.15) is 0 Å². The minimum atomic E-state index is -1.35. The molecule has 0 rings (SSSR count). The van der Waals surface area contributed by atoms with Gasteiger partial charge >= 0.3 is 5.97 Å². The highest BCUT2D eigenvalue weighted by atomic mass is 16.4. The SMILES string of the molecule is C=CCC(N)C(=O)N[C@@H](CC(N)=O)C(=O)O. The van der Waals surface area contributed by atoms with E-state index in [4.69, 9.17) is 16.6 Å². The van der Waals surface area contributed by atoms with Gasteiger partial charge in [-0.1, -0.05) is 6.08 Å². The predicted molar refractivity (Wildman–Crippen MR) is 56.2 cm³/mol. The summed E-state index contributed by atoms with van der Waals surface area (Å²) in [5, 5.41) is 10.8. The minimum absolute atomic E-state index is 0.217. The van der Waals surface area contributed by atoms with E-state index >= 15 is 0 Å². The molecule has 0 heterocycles. The molecule has 90 valence electrons. The molecule has 0 spiro atoms. The van der Waals surface area contributed by atoms with Crippen LogP contribution in [0.1, 0.15) is 12.8 Å². The van der Waals surface area contributed by atoms with Crippen LogP contribution >= 0.6 is 0 Å². The number of hydrogen-bond acceptors (Lipinski definition) is 4.